The van der Waals surface area contributed by atoms with E-state index in [-0.39, 0.29) is 11.6 Å². The zero-order valence-electron chi connectivity index (χ0n) is 19.1. The lowest BCUT2D eigenvalue weighted by Gasteiger charge is -2.19. The first kappa shape index (κ1) is 21.7. The summed E-state index contributed by atoms with van der Waals surface area (Å²) < 4.78 is 11.4. The molecule has 0 saturated heterocycles. The standard InChI is InChI=1S/C25H30N4O3/c1-5-31-21-8-7-17(13-22(21)32-6-2)9-10-29-14-20(30)23(24(29)26)25-27-18-11-15(3)16(4)12-19(18)28-25/h7-8,11-13,26,30H,5-6,9-10,14H2,1-4H3,(H,27,28). The molecule has 32 heavy (non-hydrogen) atoms. The molecule has 0 bridgehead atoms. The molecule has 0 spiro atoms. The van der Waals surface area contributed by atoms with Crippen molar-refractivity contribution in [1.82, 2.24) is 14.9 Å². The van der Waals surface area contributed by atoms with Crippen LogP contribution in [0.15, 0.2) is 36.1 Å². The second-order valence-electron chi connectivity index (χ2n) is 8.03. The molecular formula is C25H30N4O3. The number of hydrogen-bond donors (Lipinski definition) is 3. The lowest BCUT2D eigenvalue weighted by molar-refractivity contribution is 0.287. The van der Waals surface area contributed by atoms with Gasteiger partial charge in [0.05, 0.1) is 36.4 Å². The molecule has 1 aromatic heterocycles. The summed E-state index contributed by atoms with van der Waals surface area (Å²) in [5, 5.41) is 19.3. The minimum Gasteiger partial charge on any atom is -0.510 e. The van der Waals surface area contributed by atoms with Crippen molar-refractivity contribution in [2.75, 3.05) is 26.3 Å². The van der Waals surface area contributed by atoms with Crippen molar-refractivity contribution in [3.8, 4) is 11.5 Å². The average Bonchev–Trinajstić information content (AvgIpc) is 3.27. The molecule has 0 fully saturated rings. The topological polar surface area (TPSA) is 94.5 Å². The summed E-state index contributed by atoms with van der Waals surface area (Å²) in [4.78, 5) is 9.78. The summed E-state index contributed by atoms with van der Waals surface area (Å²) in [6.45, 7) is 10.1. The zero-order chi connectivity index (χ0) is 22.8. The van der Waals surface area contributed by atoms with Gasteiger partial charge in [0.1, 0.15) is 17.4 Å². The number of benzene rings is 2. The van der Waals surface area contributed by atoms with Crippen LogP contribution in [0.2, 0.25) is 0 Å². The monoisotopic (exact) mass is 434 g/mol. The Bertz CT molecular complexity index is 1160. The number of aryl methyl sites for hydroxylation is 2. The highest BCUT2D eigenvalue weighted by molar-refractivity contribution is 6.23. The SMILES string of the molecule is CCOc1ccc(CCN2CC(O)=C(c3nc4cc(C)c(C)cc4[nH]3)C2=N)cc1OCC. The van der Waals surface area contributed by atoms with E-state index in [2.05, 4.69) is 29.9 Å². The normalized spacial score (nSPS) is 14.0. The van der Waals surface area contributed by atoms with E-state index in [9.17, 15) is 5.11 Å². The first-order valence-corrected chi connectivity index (χ1v) is 11.0. The molecule has 4 rings (SSSR count). The molecule has 1 aliphatic heterocycles. The van der Waals surface area contributed by atoms with Crippen LogP contribution in [-0.4, -0.2) is 52.1 Å². The van der Waals surface area contributed by atoms with Crippen LogP contribution in [0.25, 0.3) is 16.6 Å². The number of amidine groups is 1. The lowest BCUT2D eigenvalue weighted by Crippen LogP contribution is -2.29. The number of ether oxygens (including phenoxy) is 2. The van der Waals surface area contributed by atoms with Gasteiger partial charge in [0, 0.05) is 6.54 Å². The summed E-state index contributed by atoms with van der Waals surface area (Å²) in [6, 6.07) is 10.0. The maximum absolute atomic E-state index is 10.6. The van der Waals surface area contributed by atoms with Crippen molar-refractivity contribution in [3.05, 3.63) is 58.6 Å². The third-order valence-corrected chi connectivity index (χ3v) is 5.79. The molecule has 168 valence electrons. The molecule has 2 heterocycles. The average molecular weight is 435 g/mol. The van der Waals surface area contributed by atoms with E-state index in [1.54, 1.807) is 0 Å². The number of H-pyrrole nitrogens is 1. The maximum atomic E-state index is 10.6. The van der Waals surface area contributed by atoms with Crippen LogP contribution in [0.3, 0.4) is 0 Å². The number of hydrogen-bond acceptors (Lipinski definition) is 5. The molecule has 2 aromatic carbocycles. The van der Waals surface area contributed by atoms with Crippen molar-refractivity contribution in [2.24, 2.45) is 0 Å². The molecule has 0 radical (unpaired) electrons. The number of aromatic nitrogens is 2. The fourth-order valence-electron chi connectivity index (χ4n) is 3.98. The molecule has 0 atom stereocenters. The first-order chi connectivity index (χ1) is 15.4. The largest absolute Gasteiger partial charge is 0.510 e. The third kappa shape index (κ3) is 4.15. The van der Waals surface area contributed by atoms with Crippen LogP contribution in [0.4, 0.5) is 0 Å². The van der Waals surface area contributed by atoms with Gasteiger partial charge in [-0.25, -0.2) is 4.98 Å². The Morgan fingerprint density at radius 1 is 1.06 bits per heavy atom. The molecule has 7 heteroatoms. The number of aromatic amines is 1. The zero-order valence-corrected chi connectivity index (χ0v) is 19.1. The van der Waals surface area contributed by atoms with E-state index in [1.165, 1.54) is 11.1 Å². The highest BCUT2D eigenvalue weighted by atomic mass is 16.5. The Balaban J connectivity index is 1.49. The third-order valence-electron chi connectivity index (χ3n) is 5.79. The summed E-state index contributed by atoms with van der Waals surface area (Å²) in [7, 11) is 0. The molecule has 3 aromatic rings. The molecular weight excluding hydrogens is 404 g/mol. The molecule has 0 amide bonds. The van der Waals surface area contributed by atoms with Crippen molar-refractivity contribution >= 4 is 22.4 Å². The van der Waals surface area contributed by atoms with Gasteiger partial charge >= 0.3 is 0 Å². The minimum atomic E-state index is 0.171. The second-order valence-corrected chi connectivity index (χ2v) is 8.03. The van der Waals surface area contributed by atoms with Gasteiger partial charge in [-0.05, 0) is 75.1 Å². The van der Waals surface area contributed by atoms with Gasteiger partial charge in [-0.3, -0.25) is 5.41 Å². The molecule has 0 aliphatic carbocycles. The van der Waals surface area contributed by atoms with E-state index in [0.717, 1.165) is 28.1 Å². The van der Waals surface area contributed by atoms with E-state index >= 15 is 0 Å². The fraction of sp³-hybridized carbons (Fsp3) is 0.360. The summed E-state index contributed by atoms with van der Waals surface area (Å²) in [5.41, 5.74) is 5.65. The molecule has 1 aliphatic rings. The van der Waals surface area contributed by atoms with Gasteiger partial charge in [0.2, 0.25) is 0 Å². The number of aliphatic hydroxyl groups is 1. The Hall–Kier alpha value is -3.48. The molecule has 7 nitrogen and oxygen atoms in total. The van der Waals surface area contributed by atoms with E-state index in [0.29, 0.717) is 44.1 Å². The summed E-state index contributed by atoms with van der Waals surface area (Å²) >= 11 is 0. The molecule has 0 unspecified atom stereocenters. The number of imidazole rings is 1. The number of nitrogens with zero attached hydrogens (tertiary/aromatic N) is 2. The number of nitrogens with one attached hydrogen (secondary N) is 2. The minimum absolute atomic E-state index is 0.171. The van der Waals surface area contributed by atoms with Crippen molar-refractivity contribution in [1.29, 1.82) is 5.41 Å². The Kier molecular flexibility index (Phi) is 6.08. The highest BCUT2D eigenvalue weighted by Gasteiger charge is 2.30. The van der Waals surface area contributed by atoms with Crippen molar-refractivity contribution in [3.63, 3.8) is 0 Å². The summed E-state index contributed by atoms with van der Waals surface area (Å²) in [6.07, 6.45) is 0.716. The quantitative estimate of drug-likeness (QED) is 0.474. The maximum Gasteiger partial charge on any atom is 0.161 e. The Labute approximate surface area is 188 Å². The van der Waals surface area contributed by atoms with Crippen LogP contribution < -0.4 is 9.47 Å². The van der Waals surface area contributed by atoms with Gasteiger partial charge in [0.15, 0.2) is 11.5 Å². The van der Waals surface area contributed by atoms with E-state index in [4.69, 9.17) is 14.9 Å². The fourth-order valence-corrected chi connectivity index (χ4v) is 3.98. The highest BCUT2D eigenvalue weighted by Crippen LogP contribution is 2.30. The van der Waals surface area contributed by atoms with Gasteiger partial charge in [0.25, 0.3) is 0 Å². The molecule has 0 saturated carbocycles. The van der Waals surface area contributed by atoms with Gasteiger partial charge in [-0.1, -0.05) is 6.07 Å². The first-order valence-electron chi connectivity index (χ1n) is 11.0. The smallest absolute Gasteiger partial charge is 0.161 e. The van der Waals surface area contributed by atoms with Gasteiger partial charge < -0.3 is 24.5 Å². The van der Waals surface area contributed by atoms with Gasteiger partial charge in [-0.2, -0.15) is 0 Å². The van der Waals surface area contributed by atoms with Crippen molar-refractivity contribution < 1.29 is 14.6 Å². The predicted octanol–water partition coefficient (Wildman–Crippen LogP) is 4.78. The Morgan fingerprint density at radius 2 is 1.78 bits per heavy atom. The molecule has 3 N–H and O–H groups in total. The van der Waals surface area contributed by atoms with Crippen molar-refractivity contribution in [2.45, 2.75) is 34.1 Å². The second kappa shape index (κ2) is 8.94. The van der Waals surface area contributed by atoms with Crippen LogP contribution in [-0.2, 0) is 6.42 Å². The van der Waals surface area contributed by atoms with Crippen LogP contribution in [0.1, 0.15) is 36.4 Å². The number of rotatable bonds is 8. The predicted molar refractivity (Wildman–Crippen MR) is 127 cm³/mol. The number of fused-ring (bicyclic) bond motifs is 1. The van der Waals surface area contributed by atoms with E-state index < -0.39 is 0 Å². The van der Waals surface area contributed by atoms with Gasteiger partial charge in [-0.15, -0.1) is 0 Å². The number of aliphatic hydroxyl groups excluding tert-OH is 1. The van der Waals surface area contributed by atoms with Crippen LogP contribution in [0, 0.1) is 19.3 Å². The lowest BCUT2D eigenvalue weighted by atomic mass is 10.1. The Morgan fingerprint density at radius 3 is 2.53 bits per heavy atom. The summed E-state index contributed by atoms with van der Waals surface area (Å²) in [5.74, 6) is 2.46. The van der Waals surface area contributed by atoms with E-state index in [1.807, 2.05) is 43.0 Å². The van der Waals surface area contributed by atoms with Crippen LogP contribution in [0.5, 0.6) is 11.5 Å². The van der Waals surface area contributed by atoms with Crippen LogP contribution >= 0.6 is 0 Å².